The second-order valence-electron chi connectivity index (χ2n) is 6.45. The van der Waals surface area contributed by atoms with E-state index in [-0.39, 0.29) is 0 Å². The average Bonchev–Trinajstić information content (AvgIpc) is 2.49. The molecule has 0 fully saturated rings. The summed E-state index contributed by atoms with van der Waals surface area (Å²) < 4.78 is 0. The molecule has 0 heterocycles. The summed E-state index contributed by atoms with van der Waals surface area (Å²) in [4.78, 5) is 0. The molecule has 1 N–H and O–H groups in total. The first-order chi connectivity index (χ1) is 10.1. The van der Waals surface area contributed by atoms with Gasteiger partial charge in [-0.05, 0) is 73.4 Å². The molecule has 1 aliphatic rings. The van der Waals surface area contributed by atoms with Crippen molar-refractivity contribution in [2.75, 3.05) is 0 Å². The fourth-order valence-corrected chi connectivity index (χ4v) is 3.34. The van der Waals surface area contributed by atoms with Crippen molar-refractivity contribution in [1.29, 1.82) is 0 Å². The van der Waals surface area contributed by atoms with Crippen molar-refractivity contribution in [2.24, 2.45) is 0 Å². The Hall–Kier alpha value is -1.60. The predicted molar refractivity (Wildman–Crippen MR) is 89.7 cm³/mol. The number of hydrogen-bond donors (Lipinski definition) is 1. The molecule has 1 aliphatic carbocycles. The van der Waals surface area contributed by atoms with E-state index < -0.39 is 0 Å². The number of benzene rings is 2. The van der Waals surface area contributed by atoms with Gasteiger partial charge in [0.05, 0.1) is 0 Å². The van der Waals surface area contributed by atoms with Gasteiger partial charge in [0.25, 0.3) is 0 Å². The zero-order chi connectivity index (χ0) is 14.8. The quantitative estimate of drug-likeness (QED) is 0.885. The van der Waals surface area contributed by atoms with Crippen LogP contribution in [-0.2, 0) is 19.4 Å². The normalized spacial score (nSPS) is 17.6. The summed E-state index contributed by atoms with van der Waals surface area (Å²) in [5.41, 5.74) is 8.70. The largest absolute Gasteiger partial charge is 0.310 e. The van der Waals surface area contributed by atoms with E-state index in [0.29, 0.717) is 6.04 Å². The third-order valence-electron chi connectivity index (χ3n) is 4.88. The molecule has 3 rings (SSSR count). The number of rotatable bonds is 3. The summed E-state index contributed by atoms with van der Waals surface area (Å²) in [6.45, 7) is 7.60. The molecule has 1 atom stereocenters. The molecule has 0 bridgehead atoms. The molecular formula is C20H25N. The molecule has 0 saturated heterocycles. The molecule has 110 valence electrons. The minimum absolute atomic E-state index is 0.612. The van der Waals surface area contributed by atoms with Gasteiger partial charge in [0.2, 0.25) is 0 Å². The smallest absolute Gasteiger partial charge is 0.0210 e. The van der Waals surface area contributed by atoms with E-state index in [1.54, 1.807) is 0 Å². The Balaban J connectivity index is 1.66. The monoisotopic (exact) mass is 279 g/mol. The van der Waals surface area contributed by atoms with Crippen LogP contribution in [0.5, 0.6) is 0 Å². The molecule has 1 heteroatoms. The Morgan fingerprint density at radius 2 is 1.67 bits per heavy atom. The maximum Gasteiger partial charge on any atom is 0.0210 e. The van der Waals surface area contributed by atoms with Crippen LogP contribution in [0, 0.1) is 20.8 Å². The van der Waals surface area contributed by atoms with Crippen molar-refractivity contribution < 1.29 is 0 Å². The van der Waals surface area contributed by atoms with Gasteiger partial charge in [0.15, 0.2) is 0 Å². The summed E-state index contributed by atoms with van der Waals surface area (Å²) in [5.74, 6) is 0. The lowest BCUT2D eigenvalue weighted by Gasteiger charge is -2.26. The summed E-state index contributed by atoms with van der Waals surface area (Å²) in [7, 11) is 0. The van der Waals surface area contributed by atoms with Crippen LogP contribution in [0.2, 0.25) is 0 Å². The topological polar surface area (TPSA) is 12.0 Å². The molecule has 0 amide bonds. The first kappa shape index (κ1) is 14.3. The van der Waals surface area contributed by atoms with Crippen LogP contribution in [0.15, 0.2) is 36.4 Å². The maximum atomic E-state index is 3.77. The van der Waals surface area contributed by atoms with E-state index in [9.17, 15) is 0 Å². The summed E-state index contributed by atoms with van der Waals surface area (Å²) in [5, 5.41) is 3.77. The molecule has 0 aliphatic heterocycles. The highest BCUT2D eigenvalue weighted by Gasteiger charge is 2.17. The van der Waals surface area contributed by atoms with E-state index in [2.05, 4.69) is 62.5 Å². The minimum Gasteiger partial charge on any atom is -0.310 e. The summed E-state index contributed by atoms with van der Waals surface area (Å²) >= 11 is 0. The van der Waals surface area contributed by atoms with Gasteiger partial charge in [-0.2, -0.15) is 0 Å². The van der Waals surface area contributed by atoms with Crippen LogP contribution in [0.1, 0.15) is 39.8 Å². The average molecular weight is 279 g/mol. The van der Waals surface area contributed by atoms with E-state index >= 15 is 0 Å². The Bertz CT molecular complexity index is 642. The predicted octanol–water partition coefficient (Wildman–Crippen LogP) is 4.26. The molecule has 2 aromatic carbocycles. The van der Waals surface area contributed by atoms with Gasteiger partial charge in [0.1, 0.15) is 0 Å². The van der Waals surface area contributed by atoms with E-state index in [1.165, 1.54) is 52.6 Å². The lowest BCUT2D eigenvalue weighted by Crippen LogP contribution is -2.34. The van der Waals surface area contributed by atoms with Crippen molar-refractivity contribution in [3.05, 3.63) is 69.8 Å². The Kier molecular flexibility index (Phi) is 4.12. The lowest BCUT2D eigenvalue weighted by molar-refractivity contribution is 0.457. The molecule has 0 spiro atoms. The van der Waals surface area contributed by atoms with Crippen molar-refractivity contribution in [2.45, 2.75) is 52.6 Å². The molecule has 0 saturated carbocycles. The lowest BCUT2D eigenvalue weighted by atomic mass is 9.88. The number of nitrogens with one attached hydrogen (secondary N) is 1. The Morgan fingerprint density at radius 1 is 0.952 bits per heavy atom. The maximum absolute atomic E-state index is 3.77. The first-order valence-corrected chi connectivity index (χ1v) is 8.00. The summed E-state index contributed by atoms with van der Waals surface area (Å²) in [6, 6.07) is 14.1. The highest BCUT2D eigenvalue weighted by Crippen LogP contribution is 2.22. The van der Waals surface area contributed by atoms with Crippen LogP contribution < -0.4 is 5.32 Å². The number of fused-ring (bicyclic) bond motifs is 1. The highest BCUT2D eigenvalue weighted by molar-refractivity contribution is 5.36. The van der Waals surface area contributed by atoms with E-state index in [4.69, 9.17) is 0 Å². The van der Waals surface area contributed by atoms with E-state index in [1.807, 2.05) is 0 Å². The summed E-state index contributed by atoms with van der Waals surface area (Å²) in [6.07, 6.45) is 3.63. The van der Waals surface area contributed by atoms with Crippen molar-refractivity contribution in [3.63, 3.8) is 0 Å². The molecule has 0 aromatic heterocycles. The molecule has 1 unspecified atom stereocenters. The van der Waals surface area contributed by atoms with Crippen molar-refractivity contribution >= 4 is 0 Å². The molecular weight excluding hydrogens is 254 g/mol. The molecule has 2 aromatic rings. The van der Waals surface area contributed by atoms with Crippen LogP contribution >= 0.6 is 0 Å². The first-order valence-electron chi connectivity index (χ1n) is 8.00. The Labute approximate surface area is 128 Å². The van der Waals surface area contributed by atoms with Crippen molar-refractivity contribution in [1.82, 2.24) is 5.32 Å². The van der Waals surface area contributed by atoms with Gasteiger partial charge in [-0.25, -0.2) is 0 Å². The standard InChI is InChI=1S/C20H25N/c1-14-10-16(3)19(11-15(14)2)13-21-20-9-8-17-6-4-5-7-18(17)12-20/h4-7,10-11,20-21H,8-9,12-13H2,1-3H3. The van der Waals surface area contributed by atoms with Gasteiger partial charge in [-0.3, -0.25) is 0 Å². The second-order valence-corrected chi connectivity index (χ2v) is 6.45. The zero-order valence-electron chi connectivity index (χ0n) is 13.4. The van der Waals surface area contributed by atoms with Crippen LogP contribution in [-0.4, -0.2) is 6.04 Å². The van der Waals surface area contributed by atoms with Crippen molar-refractivity contribution in [3.8, 4) is 0 Å². The van der Waals surface area contributed by atoms with E-state index in [0.717, 1.165) is 6.54 Å². The fourth-order valence-electron chi connectivity index (χ4n) is 3.34. The minimum atomic E-state index is 0.612. The van der Waals surface area contributed by atoms with Gasteiger partial charge in [-0.15, -0.1) is 0 Å². The molecule has 21 heavy (non-hydrogen) atoms. The number of hydrogen-bond acceptors (Lipinski definition) is 1. The van der Waals surface area contributed by atoms with Gasteiger partial charge in [-0.1, -0.05) is 36.4 Å². The molecule has 0 radical (unpaired) electrons. The van der Waals surface area contributed by atoms with Gasteiger partial charge >= 0.3 is 0 Å². The van der Waals surface area contributed by atoms with Crippen LogP contribution in [0.25, 0.3) is 0 Å². The number of aryl methyl sites for hydroxylation is 4. The van der Waals surface area contributed by atoms with Gasteiger partial charge in [0, 0.05) is 12.6 Å². The van der Waals surface area contributed by atoms with Crippen LogP contribution in [0.3, 0.4) is 0 Å². The third-order valence-corrected chi connectivity index (χ3v) is 4.88. The van der Waals surface area contributed by atoms with Crippen LogP contribution in [0.4, 0.5) is 0 Å². The third kappa shape index (κ3) is 3.19. The second kappa shape index (κ2) is 6.03. The zero-order valence-corrected chi connectivity index (χ0v) is 13.4. The molecule has 1 nitrogen and oxygen atoms in total. The highest BCUT2D eigenvalue weighted by atomic mass is 14.9. The Morgan fingerprint density at radius 3 is 2.48 bits per heavy atom. The SMILES string of the molecule is Cc1cc(C)c(CNC2CCc3ccccc3C2)cc1C. The van der Waals surface area contributed by atoms with Gasteiger partial charge < -0.3 is 5.32 Å². The fraction of sp³-hybridized carbons (Fsp3) is 0.400.